The molecule has 0 saturated carbocycles. The van der Waals surface area contributed by atoms with Crippen molar-refractivity contribution in [1.29, 1.82) is 0 Å². The highest BCUT2D eigenvalue weighted by Crippen LogP contribution is 2.05. The summed E-state index contributed by atoms with van der Waals surface area (Å²) in [6.45, 7) is 6.93. The normalized spacial score (nSPS) is 13.3. The first-order valence-corrected chi connectivity index (χ1v) is 4.19. The number of hydrogen-bond acceptors (Lipinski definition) is 3. The van der Waals surface area contributed by atoms with Gasteiger partial charge in [-0.3, -0.25) is 0 Å². The molecule has 1 atom stereocenters. The molecule has 1 heterocycles. The lowest BCUT2D eigenvalue weighted by molar-refractivity contribution is 0.458. The van der Waals surface area contributed by atoms with E-state index in [-0.39, 0.29) is 0 Å². The zero-order valence-electron chi connectivity index (χ0n) is 8.13. The Morgan fingerprint density at radius 3 is 2.58 bits per heavy atom. The monoisotopic (exact) mass is 168 g/mol. The van der Waals surface area contributed by atoms with Gasteiger partial charge >= 0.3 is 0 Å². The van der Waals surface area contributed by atoms with Crippen LogP contribution in [0.5, 0.6) is 0 Å². The number of aryl methyl sites for hydroxylation is 2. The van der Waals surface area contributed by atoms with Gasteiger partial charge < -0.3 is 5.32 Å². The van der Waals surface area contributed by atoms with Crippen LogP contribution in [0, 0.1) is 13.8 Å². The quantitative estimate of drug-likeness (QED) is 0.721. The summed E-state index contributed by atoms with van der Waals surface area (Å²) in [4.78, 5) is 4.24. The molecule has 1 aromatic heterocycles. The number of aromatic nitrogens is 3. The lowest BCUT2D eigenvalue weighted by Crippen LogP contribution is -2.21. The summed E-state index contributed by atoms with van der Waals surface area (Å²) >= 11 is 0. The highest BCUT2D eigenvalue weighted by atomic mass is 15.4. The van der Waals surface area contributed by atoms with Gasteiger partial charge in [-0.25, -0.2) is 9.67 Å². The fraction of sp³-hybridized carbons (Fsp3) is 0.750. The molecule has 0 aliphatic carbocycles. The molecule has 4 heteroatoms. The standard InChI is InChI=1S/C8H16N4/c1-6(5-9-4)12-8(3)10-7(2)11-12/h6,9H,5H2,1-4H3. The van der Waals surface area contributed by atoms with Gasteiger partial charge in [-0.05, 0) is 27.8 Å². The Bertz CT molecular complexity index is 254. The van der Waals surface area contributed by atoms with E-state index in [0.29, 0.717) is 6.04 Å². The zero-order valence-corrected chi connectivity index (χ0v) is 8.13. The third kappa shape index (κ3) is 1.82. The molecule has 0 fully saturated rings. The van der Waals surface area contributed by atoms with Crippen molar-refractivity contribution in [2.75, 3.05) is 13.6 Å². The van der Waals surface area contributed by atoms with E-state index in [1.165, 1.54) is 0 Å². The van der Waals surface area contributed by atoms with Crippen LogP contribution >= 0.6 is 0 Å². The van der Waals surface area contributed by atoms with E-state index in [4.69, 9.17) is 0 Å². The summed E-state index contributed by atoms with van der Waals surface area (Å²) in [5.41, 5.74) is 0. The summed E-state index contributed by atoms with van der Waals surface area (Å²) in [5, 5.41) is 7.41. The molecule has 0 aromatic carbocycles. The first-order chi connectivity index (χ1) is 5.65. The molecule has 0 amide bonds. The van der Waals surface area contributed by atoms with Gasteiger partial charge in [0, 0.05) is 6.54 Å². The highest BCUT2D eigenvalue weighted by Gasteiger charge is 2.08. The van der Waals surface area contributed by atoms with Crippen LogP contribution in [0.1, 0.15) is 24.6 Å². The molecule has 1 unspecified atom stereocenters. The summed E-state index contributed by atoms with van der Waals surface area (Å²) in [7, 11) is 1.94. The minimum Gasteiger partial charge on any atom is -0.318 e. The molecule has 0 spiro atoms. The molecule has 0 saturated heterocycles. The molecule has 0 aliphatic rings. The third-order valence-corrected chi connectivity index (χ3v) is 1.82. The molecule has 1 rings (SSSR count). The SMILES string of the molecule is CNCC(C)n1nc(C)nc1C. The van der Waals surface area contributed by atoms with Crippen LogP contribution in [0.2, 0.25) is 0 Å². The molecule has 0 aliphatic heterocycles. The van der Waals surface area contributed by atoms with Gasteiger partial charge in [0.05, 0.1) is 6.04 Å². The number of rotatable bonds is 3. The Morgan fingerprint density at radius 2 is 2.17 bits per heavy atom. The zero-order chi connectivity index (χ0) is 9.14. The Hall–Kier alpha value is -0.900. The maximum atomic E-state index is 4.29. The fourth-order valence-electron chi connectivity index (χ4n) is 1.34. The lowest BCUT2D eigenvalue weighted by atomic mass is 10.3. The van der Waals surface area contributed by atoms with Crippen LogP contribution in [0.25, 0.3) is 0 Å². The van der Waals surface area contributed by atoms with Crippen molar-refractivity contribution < 1.29 is 0 Å². The summed E-state index contributed by atoms with van der Waals surface area (Å²) in [6.07, 6.45) is 0. The van der Waals surface area contributed by atoms with Crippen molar-refractivity contribution in [1.82, 2.24) is 20.1 Å². The summed E-state index contributed by atoms with van der Waals surface area (Å²) in [5.74, 6) is 1.82. The highest BCUT2D eigenvalue weighted by molar-refractivity contribution is 4.89. The molecular formula is C8H16N4. The fourth-order valence-corrected chi connectivity index (χ4v) is 1.34. The van der Waals surface area contributed by atoms with E-state index in [1.807, 2.05) is 25.6 Å². The Kier molecular flexibility index (Phi) is 2.81. The predicted molar refractivity (Wildman–Crippen MR) is 48.1 cm³/mol. The van der Waals surface area contributed by atoms with Crippen LogP contribution in [0.3, 0.4) is 0 Å². The number of hydrogen-bond donors (Lipinski definition) is 1. The van der Waals surface area contributed by atoms with E-state index >= 15 is 0 Å². The second-order valence-electron chi connectivity index (χ2n) is 3.06. The van der Waals surface area contributed by atoms with Crippen LogP contribution in [0.15, 0.2) is 0 Å². The van der Waals surface area contributed by atoms with Gasteiger partial charge in [0.2, 0.25) is 0 Å². The topological polar surface area (TPSA) is 42.7 Å². The van der Waals surface area contributed by atoms with Crippen molar-refractivity contribution >= 4 is 0 Å². The minimum absolute atomic E-state index is 0.371. The van der Waals surface area contributed by atoms with E-state index in [0.717, 1.165) is 18.2 Å². The van der Waals surface area contributed by atoms with Gasteiger partial charge in [0.15, 0.2) is 0 Å². The second-order valence-corrected chi connectivity index (χ2v) is 3.06. The molecule has 1 aromatic rings. The van der Waals surface area contributed by atoms with Crippen molar-refractivity contribution in [3.05, 3.63) is 11.6 Å². The Balaban J connectivity index is 2.79. The van der Waals surface area contributed by atoms with Crippen molar-refractivity contribution in [3.8, 4) is 0 Å². The van der Waals surface area contributed by atoms with Gasteiger partial charge in [0.1, 0.15) is 11.6 Å². The smallest absolute Gasteiger partial charge is 0.147 e. The van der Waals surface area contributed by atoms with Crippen molar-refractivity contribution in [2.24, 2.45) is 0 Å². The average molecular weight is 168 g/mol. The summed E-state index contributed by atoms with van der Waals surface area (Å²) in [6, 6.07) is 0.371. The number of nitrogens with one attached hydrogen (secondary N) is 1. The van der Waals surface area contributed by atoms with Gasteiger partial charge in [-0.2, -0.15) is 5.10 Å². The van der Waals surface area contributed by atoms with Gasteiger partial charge in [0.25, 0.3) is 0 Å². The van der Waals surface area contributed by atoms with Gasteiger partial charge in [-0.15, -0.1) is 0 Å². The van der Waals surface area contributed by atoms with Gasteiger partial charge in [-0.1, -0.05) is 0 Å². The molecule has 0 radical (unpaired) electrons. The molecule has 0 bridgehead atoms. The largest absolute Gasteiger partial charge is 0.318 e. The molecule has 68 valence electrons. The Morgan fingerprint density at radius 1 is 1.50 bits per heavy atom. The number of likely N-dealkylation sites (N-methyl/N-ethyl adjacent to an activating group) is 1. The maximum absolute atomic E-state index is 4.29. The van der Waals surface area contributed by atoms with E-state index in [2.05, 4.69) is 22.3 Å². The third-order valence-electron chi connectivity index (χ3n) is 1.82. The van der Waals surface area contributed by atoms with E-state index < -0.39 is 0 Å². The lowest BCUT2D eigenvalue weighted by Gasteiger charge is -2.11. The second kappa shape index (κ2) is 3.67. The Labute approximate surface area is 73.0 Å². The predicted octanol–water partition coefficient (Wildman–Crippen LogP) is 0.675. The molecular weight excluding hydrogens is 152 g/mol. The van der Waals surface area contributed by atoms with Crippen LogP contribution in [-0.2, 0) is 0 Å². The first kappa shape index (κ1) is 9.19. The average Bonchev–Trinajstić information content (AvgIpc) is 2.30. The van der Waals surface area contributed by atoms with Crippen LogP contribution in [-0.4, -0.2) is 28.4 Å². The first-order valence-electron chi connectivity index (χ1n) is 4.19. The van der Waals surface area contributed by atoms with E-state index in [9.17, 15) is 0 Å². The maximum Gasteiger partial charge on any atom is 0.147 e. The minimum atomic E-state index is 0.371. The van der Waals surface area contributed by atoms with Crippen molar-refractivity contribution in [2.45, 2.75) is 26.8 Å². The number of nitrogens with zero attached hydrogens (tertiary/aromatic N) is 3. The van der Waals surface area contributed by atoms with Crippen LogP contribution in [0.4, 0.5) is 0 Å². The van der Waals surface area contributed by atoms with E-state index in [1.54, 1.807) is 0 Å². The molecule has 12 heavy (non-hydrogen) atoms. The van der Waals surface area contributed by atoms with Crippen molar-refractivity contribution in [3.63, 3.8) is 0 Å². The molecule has 4 nitrogen and oxygen atoms in total. The molecule has 1 N–H and O–H groups in total. The summed E-state index contributed by atoms with van der Waals surface area (Å²) < 4.78 is 1.95. The van der Waals surface area contributed by atoms with Crippen LogP contribution < -0.4 is 5.32 Å².